The molecule has 1 aromatic heterocycles. The maximum absolute atomic E-state index is 10.9. The van der Waals surface area contributed by atoms with Crippen LogP contribution in [0.25, 0.3) is 0 Å². The first-order valence-corrected chi connectivity index (χ1v) is 4.50. The zero-order valence-electron chi connectivity index (χ0n) is 7.70. The molecule has 0 amide bonds. The molecule has 76 valence electrons. The summed E-state index contributed by atoms with van der Waals surface area (Å²) >= 11 is 5.69. The smallest absolute Gasteiger partial charge is 0.344 e. The molecule has 0 aromatic carbocycles. The van der Waals surface area contributed by atoms with Crippen molar-refractivity contribution in [3.05, 3.63) is 23.4 Å². The average Bonchev–Trinajstić information content (AvgIpc) is 2.15. The predicted octanol–water partition coefficient (Wildman–Crippen LogP) is 1.68. The van der Waals surface area contributed by atoms with Gasteiger partial charge in [-0.25, -0.2) is 9.78 Å². The summed E-state index contributed by atoms with van der Waals surface area (Å²) in [6.07, 6.45) is 1.50. The molecule has 0 atom stereocenters. The Labute approximate surface area is 86.8 Å². The van der Waals surface area contributed by atoms with E-state index in [0.717, 1.165) is 0 Å². The summed E-state index contributed by atoms with van der Waals surface area (Å²) in [5, 5.41) is 0.513. The number of esters is 1. The van der Waals surface area contributed by atoms with Gasteiger partial charge in [0.2, 0.25) is 5.88 Å². The third-order valence-electron chi connectivity index (χ3n) is 1.34. The van der Waals surface area contributed by atoms with Crippen molar-refractivity contribution in [1.29, 1.82) is 0 Å². The maximum atomic E-state index is 10.9. The molecule has 1 aromatic rings. The Bertz CT molecular complexity index is 317. The number of pyridine rings is 1. The lowest BCUT2D eigenvalue weighted by molar-refractivity contribution is -0.145. The van der Waals surface area contributed by atoms with Gasteiger partial charge in [0.05, 0.1) is 6.61 Å². The number of ether oxygens (including phenoxy) is 2. The van der Waals surface area contributed by atoms with Crippen LogP contribution in [-0.2, 0) is 9.53 Å². The molecule has 0 aliphatic heterocycles. The fraction of sp³-hybridized carbons (Fsp3) is 0.333. The lowest BCUT2D eigenvalue weighted by Crippen LogP contribution is -2.14. The van der Waals surface area contributed by atoms with Crippen LogP contribution in [0.3, 0.4) is 0 Å². The molecule has 5 heteroatoms. The van der Waals surface area contributed by atoms with Gasteiger partial charge in [0.1, 0.15) is 0 Å². The molecule has 0 spiro atoms. The van der Waals surface area contributed by atoms with Crippen LogP contribution >= 0.6 is 11.6 Å². The van der Waals surface area contributed by atoms with Gasteiger partial charge in [-0.1, -0.05) is 11.6 Å². The zero-order chi connectivity index (χ0) is 10.4. The number of rotatable bonds is 4. The number of carbonyl (C=O) groups excluding carboxylic acids is 1. The minimum Gasteiger partial charge on any atom is -0.466 e. The summed E-state index contributed by atoms with van der Waals surface area (Å²) in [5.41, 5.74) is 0. The van der Waals surface area contributed by atoms with Crippen LogP contribution in [0.1, 0.15) is 6.92 Å². The number of carbonyl (C=O) groups is 1. The quantitative estimate of drug-likeness (QED) is 0.717. The molecule has 0 bridgehead atoms. The van der Waals surface area contributed by atoms with E-state index in [1.54, 1.807) is 13.0 Å². The first kappa shape index (κ1) is 10.8. The summed E-state index contributed by atoms with van der Waals surface area (Å²) in [6.45, 7) is 1.92. The molecule has 0 radical (unpaired) electrons. The SMILES string of the molecule is CCOC(=O)COc1cc(Cl)ccn1. The molecular formula is C9H10ClNO3. The molecule has 1 heterocycles. The van der Waals surface area contributed by atoms with Crippen LogP contribution in [0.5, 0.6) is 5.88 Å². The normalized spacial score (nSPS) is 9.57. The van der Waals surface area contributed by atoms with Crippen LogP contribution in [0.15, 0.2) is 18.3 Å². The Kier molecular flexibility index (Phi) is 4.19. The van der Waals surface area contributed by atoms with Crippen LogP contribution in [0, 0.1) is 0 Å². The zero-order valence-corrected chi connectivity index (χ0v) is 8.45. The molecule has 0 aliphatic carbocycles. The minimum atomic E-state index is -0.422. The van der Waals surface area contributed by atoms with Crippen molar-refractivity contribution in [1.82, 2.24) is 4.98 Å². The molecular weight excluding hydrogens is 206 g/mol. The van der Waals surface area contributed by atoms with Crippen LogP contribution in [-0.4, -0.2) is 24.2 Å². The molecule has 0 saturated carbocycles. The summed E-state index contributed by atoms with van der Waals surface area (Å²) in [7, 11) is 0. The van der Waals surface area contributed by atoms with E-state index in [1.165, 1.54) is 12.3 Å². The molecule has 0 fully saturated rings. The number of hydrogen-bond acceptors (Lipinski definition) is 4. The molecule has 0 unspecified atom stereocenters. The lowest BCUT2D eigenvalue weighted by Gasteiger charge is -2.04. The molecule has 0 aliphatic rings. The van der Waals surface area contributed by atoms with Crippen LogP contribution in [0.2, 0.25) is 5.02 Å². The highest BCUT2D eigenvalue weighted by Gasteiger charge is 2.03. The van der Waals surface area contributed by atoms with Gasteiger partial charge >= 0.3 is 5.97 Å². The van der Waals surface area contributed by atoms with E-state index in [4.69, 9.17) is 16.3 Å². The Morgan fingerprint density at radius 1 is 1.64 bits per heavy atom. The van der Waals surface area contributed by atoms with Crippen LogP contribution < -0.4 is 4.74 Å². The predicted molar refractivity (Wildman–Crippen MR) is 51.4 cm³/mol. The first-order chi connectivity index (χ1) is 6.72. The largest absolute Gasteiger partial charge is 0.466 e. The van der Waals surface area contributed by atoms with E-state index < -0.39 is 5.97 Å². The molecule has 14 heavy (non-hydrogen) atoms. The summed E-state index contributed by atoms with van der Waals surface area (Å²) in [5.74, 6) is -0.111. The standard InChI is InChI=1S/C9H10ClNO3/c1-2-13-9(12)6-14-8-5-7(10)3-4-11-8/h3-5H,2,6H2,1H3. The van der Waals surface area contributed by atoms with E-state index in [0.29, 0.717) is 17.5 Å². The number of hydrogen-bond donors (Lipinski definition) is 0. The number of halogens is 1. The van der Waals surface area contributed by atoms with E-state index in [-0.39, 0.29) is 6.61 Å². The van der Waals surface area contributed by atoms with Crippen molar-refractivity contribution < 1.29 is 14.3 Å². The van der Waals surface area contributed by atoms with Crippen LogP contribution in [0.4, 0.5) is 0 Å². The highest BCUT2D eigenvalue weighted by molar-refractivity contribution is 6.30. The monoisotopic (exact) mass is 215 g/mol. The van der Waals surface area contributed by atoms with Gasteiger partial charge in [-0.2, -0.15) is 0 Å². The fourth-order valence-corrected chi connectivity index (χ4v) is 0.949. The van der Waals surface area contributed by atoms with Crippen molar-refractivity contribution >= 4 is 17.6 Å². The summed E-state index contributed by atoms with van der Waals surface area (Å²) in [6, 6.07) is 3.15. The highest BCUT2D eigenvalue weighted by atomic mass is 35.5. The second-order valence-corrected chi connectivity index (χ2v) is 2.84. The van der Waals surface area contributed by atoms with Gasteiger partial charge in [0.15, 0.2) is 6.61 Å². The van der Waals surface area contributed by atoms with Crippen molar-refractivity contribution in [2.75, 3.05) is 13.2 Å². The third kappa shape index (κ3) is 3.62. The van der Waals surface area contributed by atoms with E-state index in [1.807, 2.05) is 0 Å². The van der Waals surface area contributed by atoms with Gasteiger partial charge in [-0.05, 0) is 13.0 Å². The topological polar surface area (TPSA) is 48.4 Å². The van der Waals surface area contributed by atoms with Crippen molar-refractivity contribution in [2.45, 2.75) is 6.92 Å². The van der Waals surface area contributed by atoms with Gasteiger partial charge < -0.3 is 9.47 Å². The van der Waals surface area contributed by atoms with Gasteiger partial charge in [-0.15, -0.1) is 0 Å². The summed E-state index contributed by atoms with van der Waals surface area (Å²) < 4.78 is 9.70. The second kappa shape index (κ2) is 5.44. The highest BCUT2D eigenvalue weighted by Crippen LogP contribution is 2.13. The maximum Gasteiger partial charge on any atom is 0.344 e. The van der Waals surface area contributed by atoms with Gasteiger partial charge in [0.25, 0.3) is 0 Å². The average molecular weight is 216 g/mol. The van der Waals surface area contributed by atoms with E-state index >= 15 is 0 Å². The molecule has 0 N–H and O–H groups in total. The lowest BCUT2D eigenvalue weighted by atomic mass is 10.5. The number of nitrogens with zero attached hydrogens (tertiary/aromatic N) is 1. The number of aromatic nitrogens is 1. The van der Waals surface area contributed by atoms with Crippen molar-refractivity contribution in [2.24, 2.45) is 0 Å². The molecule has 0 saturated heterocycles. The van der Waals surface area contributed by atoms with E-state index in [2.05, 4.69) is 9.72 Å². The van der Waals surface area contributed by atoms with Gasteiger partial charge in [0, 0.05) is 17.3 Å². The van der Waals surface area contributed by atoms with Gasteiger partial charge in [-0.3, -0.25) is 0 Å². The van der Waals surface area contributed by atoms with Crippen molar-refractivity contribution in [3.63, 3.8) is 0 Å². The Balaban J connectivity index is 2.41. The fourth-order valence-electron chi connectivity index (χ4n) is 0.800. The Morgan fingerprint density at radius 2 is 2.43 bits per heavy atom. The molecule has 4 nitrogen and oxygen atoms in total. The summed E-state index contributed by atoms with van der Waals surface area (Å²) in [4.78, 5) is 14.8. The Morgan fingerprint density at radius 3 is 3.07 bits per heavy atom. The Hall–Kier alpha value is -1.29. The first-order valence-electron chi connectivity index (χ1n) is 4.12. The third-order valence-corrected chi connectivity index (χ3v) is 1.58. The van der Waals surface area contributed by atoms with E-state index in [9.17, 15) is 4.79 Å². The minimum absolute atomic E-state index is 0.152. The molecule has 1 rings (SSSR count). The van der Waals surface area contributed by atoms with Crippen molar-refractivity contribution in [3.8, 4) is 5.88 Å². The second-order valence-electron chi connectivity index (χ2n) is 2.41.